The van der Waals surface area contributed by atoms with Crippen molar-refractivity contribution in [2.24, 2.45) is 0 Å². The highest BCUT2D eigenvalue weighted by Gasteiger charge is 2.21. The molecule has 1 saturated heterocycles. The minimum absolute atomic E-state index is 0.0217. The van der Waals surface area contributed by atoms with Crippen LogP contribution in [-0.4, -0.2) is 63.1 Å². The fourth-order valence-electron chi connectivity index (χ4n) is 2.79. The van der Waals surface area contributed by atoms with Crippen molar-refractivity contribution >= 4 is 17.7 Å². The van der Waals surface area contributed by atoms with E-state index in [1.807, 2.05) is 35.7 Å². The maximum atomic E-state index is 12.6. The van der Waals surface area contributed by atoms with Crippen LogP contribution < -0.4 is 0 Å². The van der Waals surface area contributed by atoms with Crippen molar-refractivity contribution < 1.29 is 4.79 Å². The zero-order chi connectivity index (χ0) is 16.8. The summed E-state index contributed by atoms with van der Waals surface area (Å²) < 4.78 is 0. The predicted molar refractivity (Wildman–Crippen MR) is 93.8 cm³/mol. The normalized spacial score (nSPS) is 16.0. The molecule has 0 aromatic carbocycles. The van der Waals surface area contributed by atoms with Crippen LogP contribution in [0.4, 0.5) is 0 Å². The van der Waals surface area contributed by atoms with Gasteiger partial charge in [-0.05, 0) is 30.4 Å². The van der Waals surface area contributed by atoms with Gasteiger partial charge >= 0.3 is 0 Å². The van der Waals surface area contributed by atoms with Gasteiger partial charge in [-0.3, -0.25) is 14.7 Å². The van der Waals surface area contributed by atoms with Gasteiger partial charge in [0, 0.05) is 57.5 Å². The van der Waals surface area contributed by atoms with E-state index in [2.05, 4.69) is 19.9 Å². The second kappa shape index (κ2) is 8.21. The van der Waals surface area contributed by atoms with E-state index in [0.29, 0.717) is 10.7 Å². The summed E-state index contributed by atoms with van der Waals surface area (Å²) in [5.41, 5.74) is 1.82. The van der Waals surface area contributed by atoms with E-state index in [1.54, 1.807) is 12.4 Å². The lowest BCUT2D eigenvalue weighted by atomic mass is 10.2. The summed E-state index contributed by atoms with van der Waals surface area (Å²) in [4.78, 5) is 29.4. The fraction of sp³-hybridized carbons (Fsp3) is 0.412. The number of hydrogen-bond acceptors (Lipinski definition) is 6. The van der Waals surface area contributed by atoms with Crippen LogP contribution in [0.1, 0.15) is 22.3 Å². The lowest BCUT2D eigenvalue weighted by Crippen LogP contribution is -2.35. The SMILES string of the molecule is CSc1ncc(C(=O)N2CCCN(Cc3ccncc3)CC2)cn1. The van der Waals surface area contributed by atoms with E-state index < -0.39 is 0 Å². The Balaban J connectivity index is 1.59. The van der Waals surface area contributed by atoms with Gasteiger partial charge in [0.1, 0.15) is 0 Å². The van der Waals surface area contributed by atoms with Crippen molar-refractivity contribution in [1.82, 2.24) is 24.8 Å². The minimum atomic E-state index is 0.0217. The monoisotopic (exact) mass is 343 g/mol. The van der Waals surface area contributed by atoms with Gasteiger partial charge in [-0.15, -0.1) is 0 Å². The van der Waals surface area contributed by atoms with Gasteiger partial charge in [0.15, 0.2) is 5.16 Å². The molecule has 2 aromatic rings. The molecule has 0 aliphatic carbocycles. The van der Waals surface area contributed by atoms with Crippen molar-refractivity contribution in [2.75, 3.05) is 32.4 Å². The van der Waals surface area contributed by atoms with Gasteiger partial charge in [-0.25, -0.2) is 9.97 Å². The van der Waals surface area contributed by atoms with Gasteiger partial charge < -0.3 is 4.90 Å². The molecule has 0 N–H and O–H groups in total. The molecule has 0 saturated carbocycles. The van der Waals surface area contributed by atoms with Crippen LogP contribution in [0.15, 0.2) is 42.1 Å². The molecule has 0 unspecified atom stereocenters. The Labute approximate surface area is 146 Å². The summed E-state index contributed by atoms with van der Waals surface area (Å²) in [7, 11) is 0. The van der Waals surface area contributed by atoms with Crippen LogP contribution in [-0.2, 0) is 6.54 Å². The van der Waals surface area contributed by atoms with Crippen LogP contribution >= 0.6 is 11.8 Å². The fourth-order valence-corrected chi connectivity index (χ4v) is 3.11. The summed E-state index contributed by atoms with van der Waals surface area (Å²) in [5, 5.41) is 0.686. The number of amides is 1. The van der Waals surface area contributed by atoms with E-state index in [4.69, 9.17) is 0 Å². The van der Waals surface area contributed by atoms with E-state index in [1.165, 1.54) is 17.3 Å². The molecular weight excluding hydrogens is 322 g/mol. The molecule has 24 heavy (non-hydrogen) atoms. The van der Waals surface area contributed by atoms with Gasteiger partial charge in [0.2, 0.25) is 0 Å². The number of hydrogen-bond donors (Lipinski definition) is 0. The Morgan fingerprint density at radius 1 is 1.12 bits per heavy atom. The van der Waals surface area contributed by atoms with E-state index >= 15 is 0 Å². The topological polar surface area (TPSA) is 62.2 Å². The first-order chi connectivity index (χ1) is 11.8. The van der Waals surface area contributed by atoms with Gasteiger partial charge in [-0.1, -0.05) is 11.8 Å². The molecule has 0 bridgehead atoms. The number of aromatic nitrogens is 3. The third-order valence-corrected chi connectivity index (χ3v) is 4.66. The van der Waals surface area contributed by atoms with Crippen molar-refractivity contribution in [3.63, 3.8) is 0 Å². The maximum Gasteiger partial charge on any atom is 0.257 e. The standard InChI is InChI=1S/C17H21N5OS/c1-24-17-19-11-15(12-20-17)16(23)22-8-2-7-21(9-10-22)13-14-3-5-18-6-4-14/h3-6,11-12H,2,7-10,13H2,1H3. The zero-order valence-electron chi connectivity index (χ0n) is 13.8. The number of pyridine rings is 1. The Hall–Kier alpha value is -1.99. The quantitative estimate of drug-likeness (QED) is 0.624. The summed E-state index contributed by atoms with van der Waals surface area (Å²) in [6.07, 6.45) is 9.79. The van der Waals surface area contributed by atoms with Crippen molar-refractivity contribution in [3.8, 4) is 0 Å². The summed E-state index contributed by atoms with van der Waals surface area (Å²) in [5.74, 6) is 0.0217. The average molecular weight is 343 g/mol. The van der Waals surface area contributed by atoms with Crippen LogP contribution in [0.3, 0.4) is 0 Å². The smallest absolute Gasteiger partial charge is 0.257 e. The molecule has 7 heteroatoms. The molecule has 1 amide bonds. The molecule has 0 atom stereocenters. The Morgan fingerprint density at radius 3 is 2.58 bits per heavy atom. The third kappa shape index (κ3) is 4.30. The Morgan fingerprint density at radius 2 is 1.88 bits per heavy atom. The highest BCUT2D eigenvalue weighted by atomic mass is 32.2. The maximum absolute atomic E-state index is 12.6. The number of carbonyl (C=O) groups is 1. The van der Waals surface area contributed by atoms with E-state index in [9.17, 15) is 4.79 Å². The number of thioether (sulfide) groups is 1. The van der Waals surface area contributed by atoms with Crippen molar-refractivity contribution in [3.05, 3.63) is 48.0 Å². The molecule has 3 heterocycles. The Kier molecular flexibility index (Phi) is 5.77. The second-order valence-electron chi connectivity index (χ2n) is 5.74. The number of nitrogens with zero attached hydrogens (tertiary/aromatic N) is 5. The average Bonchev–Trinajstić information content (AvgIpc) is 2.88. The largest absolute Gasteiger partial charge is 0.337 e. The highest BCUT2D eigenvalue weighted by Crippen LogP contribution is 2.12. The van der Waals surface area contributed by atoms with Crippen LogP contribution in [0.5, 0.6) is 0 Å². The van der Waals surface area contributed by atoms with Crippen LogP contribution in [0.2, 0.25) is 0 Å². The van der Waals surface area contributed by atoms with E-state index in [0.717, 1.165) is 39.1 Å². The molecule has 126 valence electrons. The third-order valence-electron chi connectivity index (χ3n) is 4.09. The molecule has 1 fully saturated rings. The molecule has 6 nitrogen and oxygen atoms in total. The summed E-state index contributed by atoms with van der Waals surface area (Å²) in [6, 6.07) is 4.08. The predicted octanol–water partition coefficient (Wildman–Crippen LogP) is 1.94. The number of carbonyl (C=O) groups excluding carboxylic acids is 1. The van der Waals surface area contributed by atoms with Gasteiger partial charge in [0.05, 0.1) is 5.56 Å². The van der Waals surface area contributed by atoms with Crippen molar-refractivity contribution in [2.45, 2.75) is 18.1 Å². The lowest BCUT2D eigenvalue weighted by Gasteiger charge is -2.22. The number of rotatable bonds is 4. The lowest BCUT2D eigenvalue weighted by molar-refractivity contribution is 0.0760. The van der Waals surface area contributed by atoms with E-state index in [-0.39, 0.29) is 5.91 Å². The molecular formula is C17H21N5OS. The molecule has 1 aliphatic heterocycles. The minimum Gasteiger partial charge on any atom is -0.337 e. The summed E-state index contributed by atoms with van der Waals surface area (Å²) in [6.45, 7) is 4.27. The molecule has 2 aromatic heterocycles. The van der Waals surface area contributed by atoms with Crippen LogP contribution in [0.25, 0.3) is 0 Å². The zero-order valence-corrected chi connectivity index (χ0v) is 14.6. The first-order valence-corrected chi connectivity index (χ1v) is 9.25. The molecule has 0 radical (unpaired) electrons. The Bertz CT molecular complexity index is 664. The molecule has 0 spiro atoms. The second-order valence-corrected chi connectivity index (χ2v) is 6.51. The summed E-state index contributed by atoms with van der Waals surface area (Å²) >= 11 is 1.47. The molecule has 3 rings (SSSR count). The van der Waals surface area contributed by atoms with Crippen LogP contribution in [0, 0.1) is 0 Å². The first kappa shape index (κ1) is 16.9. The van der Waals surface area contributed by atoms with Gasteiger partial charge in [-0.2, -0.15) is 0 Å². The highest BCUT2D eigenvalue weighted by molar-refractivity contribution is 7.98. The first-order valence-electron chi connectivity index (χ1n) is 8.03. The molecule has 1 aliphatic rings. The van der Waals surface area contributed by atoms with Gasteiger partial charge in [0.25, 0.3) is 5.91 Å². The van der Waals surface area contributed by atoms with Crippen molar-refractivity contribution in [1.29, 1.82) is 0 Å².